The standard InChI is InChI=1S/C52H34N4/c1-3-13-35(14-4-1)42-18-9-11-20-44(42)39-25-29-49-47(33-39)48-34-40(45-21-12-10-19-43(45)36-15-5-2-6-16-36)26-30-50(48)56(49)41-27-23-38(24-28-41)51-53-54-52-46-22-8-7-17-37(46)31-32-55(51)52/h1-34H. The van der Waals surface area contributed by atoms with E-state index in [0.717, 1.165) is 44.5 Å². The molecule has 11 rings (SSSR count). The molecule has 0 unspecified atom stereocenters. The highest BCUT2D eigenvalue weighted by molar-refractivity contribution is 6.12. The minimum absolute atomic E-state index is 0.822. The second kappa shape index (κ2) is 13.1. The van der Waals surface area contributed by atoms with Crippen molar-refractivity contribution in [3.63, 3.8) is 0 Å². The van der Waals surface area contributed by atoms with Crippen LogP contribution < -0.4 is 0 Å². The van der Waals surface area contributed by atoms with E-state index in [9.17, 15) is 0 Å². The van der Waals surface area contributed by atoms with Crippen LogP contribution in [0, 0.1) is 0 Å². The Hall–Kier alpha value is -7.56. The molecule has 8 aromatic carbocycles. The van der Waals surface area contributed by atoms with Crippen molar-refractivity contribution in [3.8, 4) is 61.6 Å². The van der Waals surface area contributed by atoms with Crippen molar-refractivity contribution in [2.75, 3.05) is 0 Å². The molecular formula is C52H34N4. The molecule has 0 bridgehead atoms. The van der Waals surface area contributed by atoms with Gasteiger partial charge in [0, 0.05) is 33.6 Å². The highest BCUT2D eigenvalue weighted by atomic mass is 15.2. The van der Waals surface area contributed by atoms with E-state index in [1.54, 1.807) is 0 Å². The van der Waals surface area contributed by atoms with Crippen LogP contribution in [-0.2, 0) is 0 Å². The second-order valence-corrected chi connectivity index (χ2v) is 14.3. The van der Waals surface area contributed by atoms with Gasteiger partial charge in [-0.1, -0.05) is 146 Å². The Morgan fingerprint density at radius 1 is 0.339 bits per heavy atom. The summed E-state index contributed by atoms with van der Waals surface area (Å²) in [6.07, 6.45) is 2.06. The lowest BCUT2D eigenvalue weighted by Gasteiger charge is -2.12. The van der Waals surface area contributed by atoms with Gasteiger partial charge in [0.05, 0.1) is 11.0 Å². The van der Waals surface area contributed by atoms with Crippen LogP contribution in [-0.4, -0.2) is 19.2 Å². The molecule has 4 nitrogen and oxygen atoms in total. The van der Waals surface area contributed by atoms with Gasteiger partial charge in [-0.2, -0.15) is 0 Å². The molecule has 0 saturated heterocycles. The molecule has 0 fully saturated rings. The molecule has 0 radical (unpaired) electrons. The van der Waals surface area contributed by atoms with Crippen molar-refractivity contribution in [1.82, 2.24) is 19.2 Å². The molecule has 0 aliphatic rings. The number of aromatic nitrogens is 4. The zero-order valence-electron chi connectivity index (χ0n) is 30.4. The fourth-order valence-corrected chi connectivity index (χ4v) is 8.42. The zero-order valence-corrected chi connectivity index (χ0v) is 30.4. The average Bonchev–Trinajstić information content (AvgIpc) is 3.86. The fraction of sp³-hybridized carbons (Fsp3) is 0. The first kappa shape index (κ1) is 31.9. The van der Waals surface area contributed by atoms with Gasteiger partial charge in [0.2, 0.25) is 0 Å². The average molecular weight is 715 g/mol. The molecule has 0 atom stereocenters. The van der Waals surface area contributed by atoms with E-state index < -0.39 is 0 Å². The van der Waals surface area contributed by atoms with Crippen LogP contribution in [0.15, 0.2) is 206 Å². The van der Waals surface area contributed by atoms with E-state index >= 15 is 0 Å². The predicted molar refractivity (Wildman–Crippen MR) is 232 cm³/mol. The number of hydrogen-bond acceptors (Lipinski definition) is 2. The normalized spacial score (nSPS) is 11.6. The lowest BCUT2D eigenvalue weighted by atomic mass is 9.92. The SMILES string of the molecule is c1ccc(-c2ccccc2-c2ccc3c(c2)c2cc(-c4ccccc4-c4ccccc4)ccc2n3-c2ccc(-c3nnc4c5ccccc5ccn34)cc2)cc1. The highest BCUT2D eigenvalue weighted by Gasteiger charge is 2.18. The summed E-state index contributed by atoms with van der Waals surface area (Å²) in [5, 5.41) is 13.9. The number of fused-ring (bicyclic) bond motifs is 6. The van der Waals surface area contributed by atoms with Crippen LogP contribution in [0.25, 0.3) is 99.8 Å². The van der Waals surface area contributed by atoms with Crippen LogP contribution in [0.1, 0.15) is 0 Å². The lowest BCUT2D eigenvalue weighted by Crippen LogP contribution is -1.95. The molecule has 0 spiro atoms. The van der Waals surface area contributed by atoms with Gasteiger partial charge >= 0.3 is 0 Å². The quantitative estimate of drug-likeness (QED) is 0.172. The van der Waals surface area contributed by atoms with Gasteiger partial charge in [-0.25, -0.2) is 0 Å². The third kappa shape index (κ3) is 5.23. The summed E-state index contributed by atoms with van der Waals surface area (Å²) in [6.45, 7) is 0. The van der Waals surface area contributed by atoms with Crippen LogP contribution >= 0.6 is 0 Å². The first-order valence-electron chi connectivity index (χ1n) is 19.0. The van der Waals surface area contributed by atoms with Gasteiger partial charge in [-0.05, 0) is 104 Å². The molecule has 11 aromatic rings. The molecule has 0 saturated carbocycles. The molecule has 3 heterocycles. The van der Waals surface area contributed by atoms with Crippen LogP contribution in [0.4, 0.5) is 0 Å². The Balaban J connectivity index is 1.09. The fourth-order valence-electron chi connectivity index (χ4n) is 8.42. The van der Waals surface area contributed by atoms with Gasteiger partial charge in [0.1, 0.15) is 0 Å². The third-order valence-corrected chi connectivity index (χ3v) is 11.1. The molecule has 262 valence electrons. The highest BCUT2D eigenvalue weighted by Crippen LogP contribution is 2.41. The Bertz CT molecular complexity index is 3090. The van der Waals surface area contributed by atoms with Crippen molar-refractivity contribution in [1.29, 1.82) is 0 Å². The van der Waals surface area contributed by atoms with E-state index in [-0.39, 0.29) is 0 Å². The number of benzene rings is 8. The molecule has 0 aliphatic heterocycles. The Kier molecular flexibility index (Phi) is 7.46. The van der Waals surface area contributed by atoms with E-state index in [2.05, 4.69) is 219 Å². The topological polar surface area (TPSA) is 35.1 Å². The van der Waals surface area contributed by atoms with Gasteiger partial charge in [0.15, 0.2) is 11.5 Å². The lowest BCUT2D eigenvalue weighted by molar-refractivity contribution is 1.11. The first-order valence-corrected chi connectivity index (χ1v) is 19.0. The number of nitrogens with zero attached hydrogens (tertiary/aromatic N) is 4. The minimum atomic E-state index is 0.822. The van der Waals surface area contributed by atoms with Crippen LogP contribution in [0.3, 0.4) is 0 Å². The van der Waals surface area contributed by atoms with Crippen molar-refractivity contribution < 1.29 is 0 Å². The van der Waals surface area contributed by atoms with Crippen LogP contribution in [0.2, 0.25) is 0 Å². The summed E-state index contributed by atoms with van der Waals surface area (Å²) in [5.41, 5.74) is 14.9. The summed E-state index contributed by atoms with van der Waals surface area (Å²) < 4.78 is 4.48. The largest absolute Gasteiger partial charge is 0.309 e. The summed E-state index contributed by atoms with van der Waals surface area (Å²) >= 11 is 0. The van der Waals surface area contributed by atoms with Gasteiger partial charge in [-0.3, -0.25) is 4.40 Å². The van der Waals surface area contributed by atoms with Crippen molar-refractivity contribution in [2.24, 2.45) is 0 Å². The van der Waals surface area contributed by atoms with E-state index in [1.807, 2.05) is 6.07 Å². The molecular weight excluding hydrogens is 681 g/mol. The van der Waals surface area contributed by atoms with Crippen molar-refractivity contribution in [3.05, 3.63) is 206 Å². The smallest absolute Gasteiger partial charge is 0.168 e. The molecule has 0 aliphatic carbocycles. The van der Waals surface area contributed by atoms with E-state index in [1.165, 1.54) is 55.3 Å². The molecule has 0 N–H and O–H groups in total. The summed E-state index contributed by atoms with van der Waals surface area (Å²) in [7, 11) is 0. The third-order valence-electron chi connectivity index (χ3n) is 11.1. The molecule has 56 heavy (non-hydrogen) atoms. The maximum atomic E-state index is 4.65. The van der Waals surface area contributed by atoms with Crippen LogP contribution in [0.5, 0.6) is 0 Å². The van der Waals surface area contributed by atoms with Gasteiger partial charge < -0.3 is 4.57 Å². The van der Waals surface area contributed by atoms with Gasteiger partial charge in [0.25, 0.3) is 0 Å². The maximum absolute atomic E-state index is 4.65. The Labute approximate surface area is 324 Å². The molecule has 4 heteroatoms. The van der Waals surface area contributed by atoms with E-state index in [4.69, 9.17) is 0 Å². The van der Waals surface area contributed by atoms with Gasteiger partial charge in [-0.15, -0.1) is 10.2 Å². The van der Waals surface area contributed by atoms with Crippen molar-refractivity contribution >= 4 is 38.2 Å². The Morgan fingerprint density at radius 2 is 0.821 bits per heavy atom. The van der Waals surface area contributed by atoms with Crippen molar-refractivity contribution in [2.45, 2.75) is 0 Å². The number of hydrogen-bond donors (Lipinski definition) is 0. The minimum Gasteiger partial charge on any atom is -0.309 e. The maximum Gasteiger partial charge on any atom is 0.168 e. The summed E-state index contributed by atoms with van der Waals surface area (Å²) in [5.74, 6) is 0.822. The number of pyridine rings is 1. The predicted octanol–water partition coefficient (Wildman–Crippen LogP) is 13.3. The summed E-state index contributed by atoms with van der Waals surface area (Å²) in [6, 6.07) is 71.8. The Morgan fingerprint density at radius 3 is 1.39 bits per heavy atom. The second-order valence-electron chi connectivity index (χ2n) is 14.3. The summed E-state index contributed by atoms with van der Waals surface area (Å²) in [4.78, 5) is 0. The molecule has 0 amide bonds. The number of rotatable bonds is 6. The first-order chi connectivity index (χ1) is 27.8. The zero-order chi connectivity index (χ0) is 37.0. The monoisotopic (exact) mass is 714 g/mol. The molecule has 3 aromatic heterocycles. The van der Waals surface area contributed by atoms with E-state index in [0.29, 0.717) is 0 Å².